The summed E-state index contributed by atoms with van der Waals surface area (Å²) in [4.78, 5) is 21.3. The molecule has 1 aliphatic rings. The summed E-state index contributed by atoms with van der Waals surface area (Å²) in [5, 5.41) is 12.9. The standard InChI is InChI=1S/C21H19ClFN3O3/c1-21(2,3)29-20(27)19(26-28)17-11-24-18(13-6-4-5-7-15(13)23)14-10-12(22)8-9-16(14)25-17/h4-10,28H,11H2,1-3H3/b26-19+. The van der Waals surface area contributed by atoms with Gasteiger partial charge in [0.15, 0.2) is 0 Å². The molecule has 2 aromatic rings. The van der Waals surface area contributed by atoms with Crippen molar-refractivity contribution in [1.82, 2.24) is 0 Å². The topological polar surface area (TPSA) is 83.6 Å². The van der Waals surface area contributed by atoms with Crippen LogP contribution in [0.25, 0.3) is 0 Å². The fourth-order valence-electron chi connectivity index (χ4n) is 2.77. The van der Waals surface area contributed by atoms with E-state index in [9.17, 15) is 14.4 Å². The normalized spacial score (nSPS) is 14.4. The molecule has 0 amide bonds. The minimum atomic E-state index is -0.834. The molecule has 150 valence electrons. The van der Waals surface area contributed by atoms with Gasteiger partial charge in [-0.25, -0.2) is 14.2 Å². The van der Waals surface area contributed by atoms with E-state index in [4.69, 9.17) is 16.3 Å². The first-order chi connectivity index (χ1) is 13.7. The molecule has 0 aliphatic carbocycles. The van der Waals surface area contributed by atoms with Crippen molar-refractivity contribution in [2.75, 3.05) is 6.54 Å². The van der Waals surface area contributed by atoms with Crippen LogP contribution in [0.3, 0.4) is 0 Å². The van der Waals surface area contributed by atoms with E-state index >= 15 is 0 Å². The van der Waals surface area contributed by atoms with Gasteiger partial charge in [-0.1, -0.05) is 28.9 Å². The van der Waals surface area contributed by atoms with Crippen LogP contribution in [0.4, 0.5) is 10.1 Å². The Bertz CT molecular complexity index is 1060. The van der Waals surface area contributed by atoms with E-state index in [0.29, 0.717) is 22.0 Å². The number of carbonyl (C=O) groups excluding carboxylic acids is 1. The SMILES string of the molecule is CC(C)(C)OC(=O)/C(=N/O)C1=Nc2ccc(Cl)cc2C(c2ccccc2F)=NC1. The predicted molar refractivity (Wildman–Crippen MR) is 111 cm³/mol. The van der Waals surface area contributed by atoms with Gasteiger partial charge in [0.25, 0.3) is 0 Å². The lowest BCUT2D eigenvalue weighted by molar-refractivity contribution is -0.146. The van der Waals surface area contributed by atoms with Gasteiger partial charge in [-0.15, -0.1) is 0 Å². The summed E-state index contributed by atoms with van der Waals surface area (Å²) < 4.78 is 19.7. The van der Waals surface area contributed by atoms with Crippen molar-refractivity contribution in [2.24, 2.45) is 15.1 Å². The molecule has 29 heavy (non-hydrogen) atoms. The Kier molecular flexibility index (Phi) is 5.79. The van der Waals surface area contributed by atoms with E-state index in [1.54, 1.807) is 57.2 Å². The molecular weight excluding hydrogens is 397 g/mol. The Morgan fingerprint density at radius 2 is 1.93 bits per heavy atom. The maximum absolute atomic E-state index is 14.4. The summed E-state index contributed by atoms with van der Waals surface area (Å²) in [6.07, 6.45) is 0. The number of ether oxygens (including phenoxy) is 1. The summed E-state index contributed by atoms with van der Waals surface area (Å²) in [5.41, 5.74) is 0.461. The molecule has 1 N–H and O–H groups in total. The largest absolute Gasteiger partial charge is 0.455 e. The van der Waals surface area contributed by atoms with Gasteiger partial charge in [-0.05, 0) is 51.1 Å². The Hall–Kier alpha value is -3.06. The van der Waals surface area contributed by atoms with Crippen molar-refractivity contribution < 1.29 is 19.1 Å². The lowest BCUT2D eigenvalue weighted by Crippen LogP contribution is -2.34. The molecule has 0 aromatic heterocycles. The van der Waals surface area contributed by atoms with Crippen molar-refractivity contribution in [1.29, 1.82) is 0 Å². The maximum atomic E-state index is 14.4. The average molecular weight is 416 g/mol. The highest BCUT2D eigenvalue weighted by Gasteiger charge is 2.28. The molecule has 1 aliphatic heterocycles. The minimum absolute atomic E-state index is 0.0941. The zero-order valence-electron chi connectivity index (χ0n) is 16.1. The van der Waals surface area contributed by atoms with Gasteiger partial charge in [-0.2, -0.15) is 0 Å². The molecule has 0 fully saturated rings. The molecule has 0 bridgehead atoms. The minimum Gasteiger partial charge on any atom is -0.455 e. The molecular formula is C21H19ClFN3O3. The van der Waals surface area contributed by atoms with E-state index in [0.717, 1.165) is 0 Å². The second-order valence-corrected chi connectivity index (χ2v) is 7.75. The van der Waals surface area contributed by atoms with Crippen molar-refractivity contribution in [3.8, 4) is 0 Å². The van der Waals surface area contributed by atoms with Crippen LogP contribution in [0.1, 0.15) is 31.9 Å². The Labute approximate surface area is 172 Å². The molecule has 3 rings (SSSR count). The molecule has 6 nitrogen and oxygen atoms in total. The first-order valence-electron chi connectivity index (χ1n) is 8.82. The number of benzene rings is 2. The van der Waals surface area contributed by atoms with Crippen LogP contribution in [0, 0.1) is 5.82 Å². The second-order valence-electron chi connectivity index (χ2n) is 7.32. The van der Waals surface area contributed by atoms with Gasteiger partial charge >= 0.3 is 5.97 Å². The summed E-state index contributed by atoms with van der Waals surface area (Å²) in [6.45, 7) is 4.97. The van der Waals surface area contributed by atoms with Crippen LogP contribution < -0.4 is 0 Å². The molecule has 0 saturated carbocycles. The van der Waals surface area contributed by atoms with Crippen LogP contribution in [0.15, 0.2) is 57.6 Å². The molecule has 0 atom stereocenters. The Balaban J connectivity index is 2.11. The third-order valence-corrected chi connectivity index (χ3v) is 4.19. The lowest BCUT2D eigenvalue weighted by Gasteiger charge is -2.19. The summed E-state index contributed by atoms with van der Waals surface area (Å²) in [6, 6.07) is 11.1. The fraction of sp³-hybridized carbons (Fsp3) is 0.238. The number of hydrogen-bond donors (Lipinski definition) is 1. The molecule has 0 radical (unpaired) electrons. The van der Waals surface area contributed by atoms with E-state index in [-0.39, 0.29) is 23.5 Å². The van der Waals surface area contributed by atoms with Gasteiger partial charge in [0.2, 0.25) is 5.71 Å². The number of halogens is 2. The lowest BCUT2D eigenvalue weighted by atomic mass is 10.0. The number of aliphatic imine (C=N–C) groups is 2. The first kappa shape index (κ1) is 20.7. The molecule has 0 spiro atoms. The maximum Gasteiger partial charge on any atom is 0.362 e. The van der Waals surface area contributed by atoms with Crippen LogP contribution in [-0.4, -0.2) is 40.5 Å². The van der Waals surface area contributed by atoms with Crippen LogP contribution in [-0.2, 0) is 9.53 Å². The quantitative estimate of drug-likeness (QED) is 0.345. The van der Waals surface area contributed by atoms with Gasteiger partial charge in [0.05, 0.1) is 23.7 Å². The zero-order chi connectivity index (χ0) is 21.2. The van der Waals surface area contributed by atoms with Gasteiger partial charge < -0.3 is 9.94 Å². The third kappa shape index (κ3) is 4.68. The number of hydrogen-bond acceptors (Lipinski definition) is 6. The smallest absolute Gasteiger partial charge is 0.362 e. The highest BCUT2D eigenvalue weighted by Crippen LogP contribution is 2.29. The second kappa shape index (κ2) is 8.13. The van der Waals surface area contributed by atoms with Crippen LogP contribution in [0.5, 0.6) is 0 Å². The number of fused-ring (bicyclic) bond motifs is 1. The zero-order valence-corrected chi connectivity index (χ0v) is 16.9. The van der Waals surface area contributed by atoms with E-state index in [1.165, 1.54) is 6.07 Å². The fourth-order valence-corrected chi connectivity index (χ4v) is 2.94. The molecule has 8 heteroatoms. The number of esters is 1. The number of nitrogens with zero attached hydrogens (tertiary/aromatic N) is 3. The number of oxime groups is 1. The number of carbonyl (C=O) groups is 1. The molecule has 2 aromatic carbocycles. The summed E-state index contributed by atoms with van der Waals surface area (Å²) in [5.74, 6) is -1.29. The average Bonchev–Trinajstić information content (AvgIpc) is 2.81. The van der Waals surface area contributed by atoms with Crippen molar-refractivity contribution in [3.05, 3.63) is 64.4 Å². The molecule has 1 heterocycles. The van der Waals surface area contributed by atoms with Crippen molar-refractivity contribution in [3.63, 3.8) is 0 Å². The summed E-state index contributed by atoms with van der Waals surface area (Å²) in [7, 11) is 0. The monoisotopic (exact) mass is 415 g/mol. The van der Waals surface area contributed by atoms with E-state index < -0.39 is 17.4 Å². The van der Waals surface area contributed by atoms with E-state index in [2.05, 4.69) is 15.1 Å². The molecule has 0 saturated heterocycles. The van der Waals surface area contributed by atoms with E-state index in [1.807, 2.05) is 0 Å². The highest BCUT2D eigenvalue weighted by atomic mass is 35.5. The number of rotatable bonds is 3. The first-order valence-corrected chi connectivity index (χ1v) is 9.20. The predicted octanol–water partition coefficient (Wildman–Crippen LogP) is 4.57. The van der Waals surface area contributed by atoms with Crippen molar-refractivity contribution in [2.45, 2.75) is 26.4 Å². The Morgan fingerprint density at radius 3 is 2.59 bits per heavy atom. The van der Waals surface area contributed by atoms with Gasteiger partial charge in [0.1, 0.15) is 11.4 Å². The van der Waals surface area contributed by atoms with Gasteiger partial charge in [0, 0.05) is 16.1 Å². The third-order valence-electron chi connectivity index (χ3n) is 3.95. The molecule has 0 unspecified atom stereocenters. The van der Waals surface area contributed by atoms with Gasteiger partial charge in [-0.3, -0.25) is 4.99 Å². The Morgan fingerprint density at radius 1 is 1.21 bits per heavy atom. The summed E-state index contributed by atoms with van der Waals surface area (Å²) >= 11 is 6.14. The van der Waals surface area contributed by atoms with Crippen LogP contribution >= 0.6 is 11.6 Å². The van der Waals surface area contributed by atoms with Crippen molar-refractivity contribution >= 4 is 40.4 Å². The highest BCUT2D eigenvalue weighted by molar-refractivity contribution is 6.66. The van der Waals surface area contributed by atoms with Crippen LogP contribution in [0.2, 0.25) is 5.02 Å².